The minimum absolute atomic E-state index is 0.562. The van der Waals surface area contributed by atoms with Crippen molar-refractivity contribution in [2.24, 2.45) is 4.99 Å². The van der Waals surface area contributed by atoms with Crippen molar-refractivity contribution in [1.82, 2.24) is 15.5 Å². The molecule has 7 heteroatoms. The molecule has 1 aliphatic rings. The predicted molar refractivity (Wildman–Crippen MR) is 153 cm³/mol. The molecule has 6 nitrogen and oxygen atoms in total. The molecule has 0 heterocycles. The molecule has 192 valence electrons. The first-order valence-corrected chi connectivity index (χ1v) is 12.2. The smallest absolute Gasteiger partial charge is 0.170 e. The molecule has 0 aliphatic heterocycles. The Morgan fingerprint density at radius 2 is 1.91 bits per heavy atom. The summed E-state index contributed by atoms with van der Waals surface area (Å²) in [5, 5.41) is 6.94. The van der Waals surface area contributed by atoms with E-state index in [2.05, 4.69) is 41.0 Å². The van der Waals surface area contributed by atoms with E-state index in [-0.39, 0.29) is 0 Å². The lowest BCUT2D eigenvalue weighted by molar-refractivity contribution is 0.241. The zero-order chi connectivity index (χ0) is 26.2. The quantitative estimate of drug-likeness (QED) is 0.163. The van der Waals surface area contributed by atoms with Gasteiger partial charge in [0.05, 0.1) is 20.6 Å². The maximum Gasteiger partial charge on any atom is 0.170 e. The van der Waals surface area contributed by atoms with E-state index in [9.17, 15) is 0 Å². The van der Waals surface area contributed by atoms with Crippen LogP contribution in [0.3, 0.4) is 0 Å². The van der Waals surface area contributed by atoms with Crippen LogP contribution in [-0.2, 0) is 9.47 Å². The summed E-state index contributed by atoms with van der Waals surface area (Å²) in [6, 6.07) is 0. The van der Waals surface area contributed by atoms with Gasteiger partial charge in [-0.25, -0.2) is 0 Å². The Balaban J connectivity index is 0. The minimum Gasteiger partial charge on any atom is -0.493 e. The Labute approximate surface area is 213 Å². The summed E-state index contributed by atoms with van der Waals surface area (Å²) >= 11 is 5.34. The van der Waals surface area contributed by atoms with E-state index in [4.69, 9.17) is 21.7 Å². The molecule has 1 aliphatic carbocycles. The van der Waals surface area contributed by atoms with E-state index in [0.29, 0.717) is 29.6 Å². The highest BCUT2D eigenvalue weighted by Gasteiger charge is 2.09. The van der Waals surface area contributed by atoms with Crippen molar-refractivity contribution >= 4 is 23.7 Å². The third kappa shape index (κ3) is 15.9. The van der Waals surface area contributed by atoms with Crippen LogP contribution in [0.25, 0.3) is 0 Å². The van der Waals surface area contributed by atoms with Gasteiger partial charge in [0.15, 0.2) is 16.6 Å². The van der Waals surface area contributed by atoms with Crippen molar-refractivity contribution in [1.29, 1.82) is 0 Å². The Morgan fingerprint density at radius 1 is 1.24 bits per heavy atom. The van der Waals surface area contributed by atoms with Gasteiger partial charge in [-0.3, -0.25) is 4.99 Å². The molecular weight excluding hydrogens is 444 g/mol. The predicted octanol–water partition coefficient (Wildman–Crippen LogP) is 5.89. The third-order valence-electron chi connectivity index (χ3n) is 4.34. The monoisotopic (exact) mass is 490 g/mol. The first-order valence-electron chi connectivity index (χ1n) is 11.8. The summed E-state index contributed by atoms with van der Waals surface area (Å²) in [5.74, 6) is 1.35. The first kappa shape index (κ1) is 33.4. The Hall–Kier alpha value is -2.80. The lowest BCUT2D eigenvalue weighted by atomic mass is 10.2. The van der Waals surface area contributed by atoms with E-state index in [1.54, 1.807) is 27.3 Å². The van der Waals surface area contributed by atoms with Gasteiger partial charge in [0.25, 0.3) is 0 Å². The van der Waals surface area contributed by atoms with Crippen LogP contribution in [0.4, 0.5) is 0 Å². The lowest BCUT2D eigenvalue weighted by Gasteiger charge is -2.14. The molecule has 0 aromatic carbocycles. The van der Waals surface area contributed by atoms with Crippen molar-refractivity contribution in [3.63, 3.8) is 0 Å². The van der Waals surface area contributed by atoms with Gasteiger partial charge in [0, 0.05) is 44.9 Å². The summed E-state index contributed by atoms with van der Waals surface area (Å²) in [7, 11) is 5.04. The zero-order valence-corrected chi connectivity index (χ0v) is 23.3. The molecule has 0 bridgehead atoms. The van der Waals surface area contributed by atoms with Crippen molar-refractivity contribution in [2.75, 3.05) is 40.9 Å². The van der Waals surface area contributed by atoms with Crippen LogP contribution in [0.1, 0.15) is 47.5 Å². The third-order valence-corrected chi connectivity index (χ3v) is 4.58. The molecule has 1 rings (SSSR count). The molecule has 0 unspecified atom stereocenters. The van der Waals surface area contributed by atoms with Crippen molar-refractivity contribution in [3.8, 4) is 0 Å². The van der Waals surface area contributed by atoms with E-state index in [1.165, 1.54) is 6.42 Å². The van der Waals surface area contributed by atoms with Gasteiger partial charge in [-0.1, -0.05) is 57.7 Å². The zero-order valence-electron chi connectivity index (χ0n) is 22.5. The SMILES string of the molecule is C=C/C=C\C(=C/C)CNC(=S)NC1=CC(OC)=C(OC)C=CC1.CC.CCCN(C=NC)CC. The molecule has 0 fully saturated rings. The number of nitrogens with one attached hydrogen (secondary N) is 2. The van der Waals surface area contributed by atoms with Crippen LogP contribution in [0.15, 0.2) is 76.9 Å². The fraction of sp³-hybridized carbons (Fsp3) is 0.481. The van der Waals surface area contributed by atoms with E-state index in [0.717, 1.165) is 24.4 Å². The molecule has 0 amide bonds. The van der Waals surface area contributed by atoms with E-state index >= 15 is 0 Å². The standard InChI is InChI=1S/C18H24N2O2S.C7H16N2.C2H6/c1-5-7-9-14(6-2)13-19-18(23)20-15-10-8-11-16(21-3)17(12-15)22-4;1-4-6-9(5-2)7-8-3;1-2/h5-9,11-12H,1,10,13H2,2-4H3,(H2,19,20,23);7H,4-6H2,1-3H3;1-2H3/b9-7-,14-6+;;. The second-order valence-corrected chi connectivity index (χ2v) is 7.09. The van der Waals surface area contributed by atoms with Gasteiger partial charge in [0.2, 0.25) is 0 Å². The minimum atomic E-state index is 0.562. The second kappa shape index (κ2) is 23.4. The number of methoxy groups -OCH3 is 2. The van der Waals surface area contributed by atoms with Gasteiger partial charge < -0.3 is 25.0 Å². The average molecular weight is 491 g/mol. The lowest BCUT2D eigenvalue weighted by Crippen LogP contribution is -2.35. The van der Waals surface area contributed by atoms with Crippen molar-refractivity contribution in [2.45, 2.75) is 47.5 Å². The number of nitrogens with zero attached hydrogens (tertiary/aromatic N) is 2. The van der Waals surface area contributed by atoms with Crippen molar-refractivity contribution < 1.29 is 9.47 Å². The number of hydrogen-bond acceptors (Lipinski definition) is 4. The molecule has 0 aromatic rings. The van der Waals surface area contributed by atoms with Crippen LogP contribution in [-0.4, -0.2) is 57.3 Å². The molecule has 0 radical (unpaired) electrons. The number of aliphatic imine (C=N–C) groups is 1. The number of hydrogen-bond donors (Lipinski definition) is 2. The summed E-state index contributed by atoms with van der Waals surface area (Å²) in [6.45, 7) is 16.8. The van der Waals surface area contributed by atoms with Crippen LogP contribution < -0.4 is 10.6 Å². The largest absolute Gasteiger partial charge is 0.493 e. The molecule has 0 saturated carbocycles. The molecule has 0 saturated heterocycles. The maximum atomic E-state index is 5.34. The van der Waals surface area contributed by atoms with Crippen LogP contribution in [0, 0.1) is 0 Å². The van der Waals surface area contributed by atoms with Gasteiger partial charge >= 0.3 is 0 Å². The highest BCUT2D eigenvalue weighted by Crippen LogP contribution is 2.17. The Kier molecular flexibility index (Phi) is 22.9. The average Bonchev–Trinajstić information content (AvgIpc) is 3.07. The Bertz CT molecular complexity index is 750. The van der Waals surface area contributed by atoms with Gasteiger partial charge in [-0.2, -0.15) is 0 Å². The number of allylic oxidation sites excluding steroid dienone is 6. The molecular formula is C27H46N4O2S. The highest BCUT2D eigenvalue weighted by molar-refractivity contribution is 7.80. The van der Waals surface area contributed by atoms with Crippen molar-refractivity contribution in [3.05, 3.63) is 71.9 Å². The summed E-state index contributed by atoms with van der Waals surface area (Å²) in [4.78, 5) is 6.12. The molecule has 0 aromatic heterocycles. The molecule has 34 heavy (non-hydrogen) atoms. The number of thiocarbonyl (C=S) groups is 1. The number of ether oxygens (including phenoxy) is 2. The summed E-state index contributed by atoms with van der Waals surface area (Å²) < 4.78 is 10.6. The summed E-state index contributed by atoms with van der Waals surface area (Å²) in [5.41, 5.74) is 2.06. The molecule has 0 atom stereocenters. The van der Waals surface area contributed by atoms with Crippen LogP contribution >= 0.6 is 12.2 Å². The topological polar surface area (TPSA) is 58.1 Å². The van der Waals surface area contributed by atoms with E-state index in [1.807, 2.05) is 63.6 Å². The normalized spacial score (nSPS) is 13.2. The molecule has 2 N–H and O–H groups in total. The highest BCUT2D eigenvalue weighted by atomic mass is 32.1. The summed E-state index contributed by atoms with van der Waals surface area (Å²) in [6.07, 6.45) is 17.2. The maximum absolute atomic E-state index is 5.34. The van der Waals surface area contributed by atoms with Crippen LogP contribution in [0.2, 0.25) is 0 Å². The Morgan fingerprint density at radius 3 is 2.41 bits per heavy atom. The first-order chi connectivity index (χ1) is 16.5. The second-order valence-electron chi connectivity index (χ2n) is 6.68. The van der Waals surface area contributed by atoms with Crippen LogP contribution in [0.5, 0.6) is 0 Å². The molecule has 0 spiro atoms. The fourth-order valence-corrected chi connectivity index (χ4v) is 2.85. The van der Waals surface area contributed by atoms with E-state index < -0.39 is 0 Å². The fourth-order valence-electron chi connectivity index (χ4n) is 2.65. The van der Waals surface area contributed by atoms with Gasteiger partial charge in [0.1, 0.15) is 0 Å². The van der Waals surface area contributed by atoms with Gasteiger partial charge in [-0.05, 0) is 44.1 Å². The van der Waals surface area contributed by atoms with Gasteiger partial charge in [-0.15, -0.1) is 0 Å². The number of rotatable bonds is 11.